The largest absolute Gasteiger partial charge is 0.472 e. The number of anilines is 1. The molecule has 39 heavy (non-hydrogen) atoms. The summed E-state index contributed by atoms with van der Waals surface area (Å²) in [6.45, 7) is 0. The Labute approximate surface area is 222 Å². The van der Waals surface area contributed by atoms with E-state index in [4.69, 9.17) is 9.40 Å². The van der Waals surface area contributed by atoms with E-state index in [9.17, 15) is 5.11 Å². The van der Waals surface area contributed by atoms with Gasteiger partial charge in [0.1, 0.15) is 17.4 Å². The van der Waals surface area contributed by atoms with E-state index in [0.717, 1.165) is 55.4 Å². The lowest BCUT2D eigenvalue weighted by Crippen LogP contribution is -2.21. The van der Waals surface area contributed by atoms with Crippen LogP contribution in [0.5, 0.6) is 0 Å². The Kier molecular flexibility index (Phi) is 5.60. The quantitative estimate of drug-likeness (QED) is 0.198. The van der Waals surface area contributed by atoms with Crippen LogP contribution in [0.1, 0.15) is 5.56 Å². The minimum atomic E-state index is -0.734. The lowest BCUT2D eigenvalue weighted by molar-refractivity contribution is 0.204. The summed E-state index contributed by atoms with van der Waals surface area (Å²) in [5.41, 5.74) is 8.68. The summed E-state index contributed by atoms with van der Waals surface area (Å²) in [7, 11) is 0. The van der Waals surface area contributed by atoms with Crippen LogP contribution in [0.15, 0.2) is 102 Å². The van der Waals surface area contributed by atoms with Crippen molar-refractivity contribution in [3.8, 4) is 33.8 Å². The van der Waals surface area contributed by atoms with Gasteiger partial charge in [-0.05, 0) is 35.4 Å². The topological polar surface area (TPSA) is 129 Å². The zero-order valence-corrected chi connectivity index (χ0v) is 20.7. The van der Waals surface area contributed by atoms with E-state index in [1.54, 1.807) is 37.3 Å². The Morgan fingerprint density at radius 2 is 1.77 bits per heavy atom. The number of benzene rings is 2. The van der Waals surface area contributed by atoms with Crippen molar-refractivity contribution in [2.45, 2.75) is 12.6 Å². The maximum Gasteiger partial charge on any atom is 0.159 e. The van der Waals surface area contributed by atoms with Crippen molar-refractivity contribution in [2.24, 2.45) is 0 Å². The van der Waals surface area contributed by atoms with Crippen LogP contribution in [-0.4, -0.2) is 41.5 Å². The van der Waals surface area contributed by atoms with Gasteiger partial charge in [0.2, 0.25) is 0 Å². The van der Waals surface area contributed by atoms with Gasteiger partial charge in [-0.3, -0.25) is 15.1 Å². The minimum Gasteiger partial charge on any atom is -0.472 e. The van der Waals surface area contributed by atoms with Gasteiger partial charge < -0.3 is 19.8 Å². The molecule has 0 amide bonds. The van der Waals surface area contributed by atoms with E-state index in [1.807, 2.05) is 54.6 Å². The van der Waals surface area contributed by atoms with Gasteiger partial charge in [-0.2, -0.15) is 5.10 Å². The second kappa shape index (κ2) is 9.55. The molecule has 9 heteroatoms. The number of fused-ring (bicyclic) bond motifs is 2. The summed E-state index contributed by atoms with van der Waals surface area (Å²) >= 11 is 0. The highest BCUT2D eigenvalue weighted by atomic mass is 16.3. The van der Waals surface area contributed by atoms with Crippen LogP contribution in [0.2, 0.25) is 0 Å². The number of H-pyrrole nitrogens is 2. The number of aromatic amines is 2. The molecule has 0 saturated heterocycles. The number of hydrogen-bond acceptors (Lipinski definition) is 7. The molecular weight excluding hydrogens is 490 g/mol. The maximum absolute atomic E-state index is 10.6. The first-order valence-electron chi connectivity index (χ1n) is 12.5. The predicted octanol–water partition coefficient (Wildman–Crippen LogP) is 5.80. The van der Waals surface area contributed by atoms with Crippen molar-refractivity contribution in [1.29, 1.82) is 0 Å². The molecule has 2 aromatic carbocycles. The summed E-state index contributed by atoms with van der Waals surface area (Å²) in [5.74, 6) is 0.642. The van der Waals surface area contributed by atoms with Crippen molar-refractivity contribution in [3.05, 3.63) is 104 Å². The standard InChI is InChI=1S/C30H23N7O2/c38-27(10-18-4-2-1-3-5-18)33-22-11-21(13-31-14-22)19-6-7-25-23(12-19)29(37-36-25)30-34-26-16-32-15-24(28(26)35-30)20-8-9-39-17-20/h1-9,11-17,27,33,38H,10H2,(H,34,35)(H,36,37). The lowest BCUT2D eigenvalue weighted by atomic mass is 10.0. The Morgan fingerprint density at radius 3 is 2.64 bits per heavy atom. The maximum atomic E-state index is 10.6. The van der Waals surface area contributed by atoms with Crippen molar-refractivity contribution < 1.29 is 9.52 Å². The molecule has 5 aromatic heterocycles. The summed E-state index contributed by atoms with van der Waals surface area (Å²) in [6.07, 6.45) is 10.1. The molecule has 0 fully saturated rings. The van der Waals surface area contributed by atoms with Gasteiger partial charge in [0, 0.05) is 40.9 Å². The van der Waals surface area contributed by atoms with E-state index >= 15 is 0 Å². The molecule has 5 heterocycles. The molecule has 0 bridgehead atoms. The van der Waals surface area contributed by atoms with Crippen molar-refractivity contribution in [2.75, 3.05) is 5.32 Å². The van der Waals surface area contributed by atoms with Crippen LogP contribution in [0.3, 0.4) is 0 Å². The van der Waals surface area contributed by atoms with E-state index in [1.165, 1.54) is 0 Å². The Balaban J connectivity index is 1.21. The third kappa shape index (κ3) is 4.41. The highest BCUT2D eigenvalue weighted by molar-refractivity contribution is 5.98. The number of rotatable bonds is 7. The number of aliphatic hydroxyl groups is 1. The molecule has 0 aliphatic heterocycles. The number of pyridine rings is 2. The van der Waals surface area contributed by atoms with E-state index in [-0.39, 0.29) is 0 Å². The fourth-order valence-electron chi connectivity index (χ4n) is 4.81. The highest BCUT2D eigenvalue weighted by Gasteiger charge is 2.17. The predicted molar refractivity (Wildman–Crippen MR) is 150 cm³/mol. The molecule has 0 radical (unpaired) electrons. The van der Waals surface area contributed by atoms with Crippen LogP contribution in [-0.2, 0) is 6.42 Å². The first-order valence-corrected chi connectivity index (χ1v) is 12.5. The molecule has 0 spiro atoms. The zero-order chi connectivity index (χ0) is 26.2. The molecule has 0 aliphatic rings. The average Bonchev–Trinajstić information content (AvgIpc) is 3.73. The summed E-state index contributed by atoms with van der Waals surface area (Å²) in [6, 6.07) is 19.8. The van der Waals surface area contributed by atoms with E-state index < -0.39 is 6.23 Å². The molecule has 1 unspecified atom stereocenters. The molecule has 7 aromatic rings. The normalized spacial score (nSPS) is 12.2. The van der Waals surface area contributed by atoms with Crippen LogP contribution >= 0.6 is 0 Å². The third-order valence-corrected chi connectivity index (χ3v) is 6.69. The molecule has 7 rings (SSSR count). The van der Waals surface area contributed by atoms with Crippen molar-refractivity contribution in [1.82, 2.24) is 30.1 Å². The van der Waals surface area contributed by atoms with Crippen LogP contribution in [0.25, 0.3) is 55.7 Å². The summed E-state index contributed by atoms with van der Waals surface area (Å²) < 4.78 is 5.26. The number of nitrogens with one attached hydrogen (secondary N) is 3. The third-order valence-electron chi connectivity index (χ3n) is 6.69. The van der Waals surface area contributed by atoms with Crippen LogP contribution in [0, 0.1) is 0 Å². The fraction of sp³-hybridized carbons (Fsp3) is 0.0667. The fourth-order valence-corrected chi connectivity index (χ4v) is 4.81. The van der Waals surface area contributed by atoms with Crippen LogP contribution < -0.4 is 5.32 Å². The number of furan rings is 1. The number of imidazole rings is 1. The van der Waals surface area contributed by atoms with Gasteiger partial charge in [0.25, 0.3) is 0 Å². The second-order valence-corrected chi connectivity index (χ2v) is 9.33. The minimum absolute atomic E-state index is 0.491. The molecule has 4 N–H and O–H groups in total. The van der Waals surface area contributed by atoms with Gasteiger partial charge in [-0.15, -0.1) is 0 Å². The van der Waals surface area contributed by atoms with Crippen molar-refractivity contribution in [3.63, 3.8) is 0 Å². The Hall–Kier alpha value is -5.28. The van der Waals surface area contributed by atoms with Crippen LogP contribution in [0.4, 0.5) is 5.69 Å². The van der Waals surface area contributed by atoms with Gasteiger partial charge in [0.15, 0.2) is 5.82 Å². The molecular formula is C30H23N7O2. The van der Waals surface area contributed by atoms with Gasteiger partial charge in [-0.1, -0.05) is 36.4 Å². The highest BCUT2D eigenvalue weighted by Crippen LogP contribution is 2.33. The number of hydrogen-bond donors (Lipinski definition) is 4. The molecule has 1 atom stereocenters. The van der Waals surface area contributed by atoms with Gasteiger partial charge in [0.05, 0.1) is 41.6 Å². The second-order valence-electron chi connectivity index (χ2n) is 9.33. The average molecular weight is 514 g/mol. The van der Waals surface area contributed by atoms with Gasteiger partial charge >= 0.3 is 0 Å². The van der Waals surface area contributed by atoms with E-state index in [2.05, 4.69) is 36.5 Å². The van der Waals surface area contributed by atoms with Gasteiger partial charge in [-0.25, -0.2) is 4.98 Å². The lowest BCUT2D eigenvalue weighted by Gasteiger charge is -2.15. The molecule has 9 nitrogen and oxygen atoms in total. The molecule has 190 valence electrons. The number of aromatic nitrogens is 6. The smallest absolute Gasteiger partial charge is 0.159 e. The SMILES string of the molecule is OC(Cc1ccccc1)Nc1cncc(-c2ccc3[nH]nc(-c4nc5c(-c6ccoc6)cncc5[nH]4)c3c2)c1. The summed E-state index contributed by atoms with van der Waals surface area (Å²) in [5, 5.41) is 22.3. The Bertz CT molecular complexity index is 1890. The number of aliphatic hydroxyl groups excluding tert-OH is 1. The molecule has 0 saturated carbocycles. The first-order chi connectivity index (χ1) is 19.2. The molecule has 0 aliphatic carbocycles. The first kappa shape index (κ1) is 22.9. The van der Waals surface area contributed by atoms with Crippen molar-refractivity contribution >= 4 is 27.6 Å². The zero-order valence-electron chi connectivity index (χ0n) is 20.7. The van der Waals surface area contributed by atoms with E-state index in [0.29, 0.717) is 17.9 Å². The number of nitrogens with zero attached hydrogens (tertiary/aromatic N) is 4. The Morgan fingerprint density at radius 1 is 0.872 bits per heavy atom. The monoisotopic (exact) mass is 513 g/mol. The summed E-state index contributed by atoms with van der Waals surface area (Å²) in [4.78, 5) is 17.0.